The van der Waals surface area contributed by atoms with Crippen LogP contribution in [0.5, 0.6) is 0 Å². The van der Waals surface area contributed by atoms with Crippen LogP contribution < -0.4 is 5.32 Å². The maximum absolute atomic E-state index is 4.27. The Morgan fingerprint density at radius 3 is 2.73 bits per heavy atom. The van der Waals surface area contributed by atoms with Crippen LogP contribution in [0.1, 0.15) is 11.4 Å². The molecule has 0 unspecified atom stereocenters. The molecule has 4 nitrogen and oxygen atoms in total. The monoisotopic (exact) mass is 202 g/mol. The quantitative estimate of drug-likeness (QED) is 0.793. The van der Waals surface area contributed by atoms with Crippen molar-refractivity contribution in [3.63, 3.8) is 0 Å². The number of aryl methyl sites for hydroxylation is 1. The minimum Gasteiger partial charge on any atom is -0.314 e. The number of aromatic nitrogens is 3. The van der Waals surface area contributed by atoms with Crippen LogP contribution in [0.3, 0.4) is 0 Å². The van der Waals surface area contributed by atoms with Crippen LogP contribution in [0, 0.1) is 6.92 Å². The molecule has 0 fully saturated rings. The first kappa shape index (κ1) is 9.86. The van der Waals surface area contributed by atoms with Crippen LogP contribution in [-0.4, -0.2) is 22.2 Å². The van der Waals surface area contributed by atoms with Crippen LogP contribution in [-0.2, 0) is 6.54 Å². The van der Waals surface area contributed by atoms with Crippen LogP contribution in [0.15, 0.2) is 24.5 Å². The average Bonchev–Trinajstić information content (AvgIpc) is 2.62. The van der Waals surface area contributed by atoms with E-state index in [1.165, 1.54) is 5.56 Å². The summed E-state index contributed by atoms with van der Waals surface area (Å²) < 4.78 is 0. The first-order valence-corrected chi connectivity index (χ1v) is 4.91. The lowest BCUT2D eigenvalue weighted by Crippen LogP contribution is -2.06. The van der Waals surface area contributed by atoms with Gasteiger partial charge in [0, 0.05) is 30.2 Å². The Bertz CT molecular complexity index is 433. The number of hydrogen-bond donors (Lipinski definition) is 2. The third-order valence-electron chi connectivity index (χ3n) is 2.34. The van der Waals surface area contributed by atoms with Gasteiger partial charge < -0.3 is 5.32 Å². The second-order valence-corrected chi connectivity index (χ2v) is 3.44. The van der Waals surface area contributed by atoms with Crippen molar-refractivity contribution in [2.75, 3.05) is 7.05 Å². The number of aromatic amines is 1. The predicted octanol–water partition coefficient (Wildman–Crippen LogP) is 1.50. The zero-order valence-corrected chi connectivity index (χ0v) is 8.91. The van der Waals surface area contributed by atoms with Crippen LogP contribution in [0.2, 0.25) is 0 Å². The number of H-pyrrole nitrogens is 1. The van der Waals surface area contributed by atoms with E-state index in [1.807, 2.05) is 26.1 Å². The summed E-state index contributed by atoms with van der Waals surface area (Å²) in [5.74, 6) is 0. The fourth-order valence-corrected chi connectivity index (χ4v) is 1.68. The van der Waals surface area contributed by atoms with E-state index < -0.39 is 0 Å². The molecule has 0 radical (unpaired) electrons. The molecule has 2 N–H and O–H groups in total. The highest BCUT2D eigenvalue weighted by molar-refractivity contribution is 5.67. The highest BCUT2D eigenvalue weighted by Gasteiger charge is 2.10. The number of pyridine rings is 1. The maximum Gasteiger partial charge on any atom is 0.0840 e. The molecule has 0 aliphatic heterocycles. The zero-order chi connectivity index (χ0) is 10.7. The molecule has 15 heavy (non-hydrogen) atoms. The molecule has 2 heterocycles. The number of hydrogen-bond acceptors (Lipinski definition) is 3. The van der Waals surface area contributed by atoms with Gasteiger partial charge in [0.15, 0.2) is 0 Å². The molecular formula is C11H14N4. The van der Waals surface area contributed by atoms with Crippen molar-refractivity contribution in [2.24, 2.45) is 0 Å². The summed E-state index contributed by atoms with van der Waals surface area (Å²) in [4.78, 5) is 4.01. The SMILES string of the molecule is CNCc1n[nH]c(C)c1-c1ccncc1. The molecule has 2 rings (SSSR count). The van der Waals surface area contributed by atoms with Crippen molar-refractivity contribution in [3.8, 4) is 11.1 Å². The van der Waals surface area contributed by atoms with Gasteiger partial charge in [0.1, 0.15) is 0 Å². The van der Waals surface area contributed by atoms with E-state index in [-0.39, 0.29) is 0 Å². The van der Waals surface area contributed by atoms with Gasteiger partial charge in [-0.2, -0.15) is 5.10 Å². The summed E-state index contributed by atoms with van der Waals surface area (Å²) in [6, 6.07) is 3.99. The summed E-state index contributed by atoms with van der Waals surface area (Å²) in [5, 5.41) is 10.4. The number of nitrogens with one attached hydrogen (secondary N) is 2. The summed E-state index contributed by atoms with van der Waals surface area (Å²) in [6.07, 6.45) is 3.59. The van der Waals surface area contributed by atoms with Gasteiger partial charge in [-0.1, -0.05) is 0 Å². The van der Waals surface area contributed by atoms with Gasteiger partial charge in [0.05, 0.1) is 5.69 Å². The van der Waals surface area contributed by atoms with Crippen molar-refractivity contribution in [1.82, 2.24) is 20.5 Å². The van der Waals surface area contributed by atoms with Crippen molar-refractivity contribution in [2.45, 2.75) is 13.5 Å². The minimum absolute atomic E-state index is 0.766. The lowest BCUT2D eigenvalue weighted by atomic mass is 10.1. The van der Waals surface area contributed by atoms with E-state index in [1.54, 1.807) is 12.4 Å². The topological polar surface area (TPSA) is 53.6 Å². The molecule has 78 valence electrons. The van der Waals surface area contributed by atoms with Crippen molar-refractivity contribution >= 4 is 0 Å². The highest BCUT2D eigenvalue weighted by atomic mass is 15.1. The molecule has 4 heteroatoms. The Hall–Kier alpha value is -1.68. The number of rotatable bonds is 3. The fourth-order valence-electron chi connectivity index (χ4n) is 1.68. The van der Waals surface area contributed by atoms with Gasteiger partial charge in [0.2, 0.25) is 0 Å². The fraction of sp³-hybridized carbons (Fsp3) is 0.273. The van der Waals surface area contributed by atoms with Crippen molar-refractivity contribution in [3.05, 3.63) is 35.9 Å². The Kier molecular flexibility index (Phi) is 2.78. The number of nitrogens with zero attached hydrogens (tertiary/aromatic N) is 2. The molecular weight excluding hydrogens is 188 g/mol. The standard InChI is InChI=1S/C11H14N4/c1-8-11(9-3-5-13-6-4-9)10(7-12-2)15-14-8/h3-6,12H,7H2,1-2H3,(H,14,15). The van der Waals surface area contributed by atoms with Gasteiger partial charge in [-0.05, 0) is 31.7 Å². The molecule has 0 aliphatic rings. The third-order valence-corrected chi connectivity index (χ3v) is 2.34. The van der Waals surface area contributed by atoms with Crippen molar-refractivity contribution in [1.29, 1.82) is 0 Å². The van der Waals surface area contributed by atoms with Gasteiger partial charge in [0.25, 0.3) is 0 Å². The van der Waals surface area contributed by atoms with Crippen LogP contribution >= 0.6 is 0 Å². The maximum atomic E-state index is 4.27. The Labute approximate surface area is 88.8 Å². The highest BCUT2D eigenvalue weighted by Crippen LogP contribution is 2.24. The Morgan fingerprint density at radius 2 is 2.07 bits per heavy atom. The van der Waals surface area contributed by atoms with E-state index in [2.05, 4.69) is 20.5 Å². The zero-order valence-electron chi connectivity index (χ0n) is 8.91. The van der Waals surface area contributed by atoms with Gasteiger partial charge in [-0.15, -0.1) is 0 Å². The molecule has 0 saturated carbocycles. The molecule has 0 spiro atoms. The smallest absolute Gasteiger partial charge is 0.0840 e. The Balaban J connectivity index is 2.47. The second kappa shape index (κ2) is 4.23. The van der Waals surface area contributed by atoms with E-state index >= 15 is 0 Å². The summed E-state index contributed by atoms with van der Waals surface area (Å²) >= 11 is 0. The summed E-state index contributed by atoms with van der Waals surface area (Å²) in [5.41, 5.74) is 4.46. The van der Waals surface area contributed by atoms with Gasteiger partial charge in [-0.3, -0.25) is 10.1 Å². The molecule has 2 aromatic rings. The van der Waals surface area contributed by atoms with E-state index in [0.717, 1.165) is 23.5 Å². The summed E-state index contributed by atoms with van der Waals surface area (Å²) in [6.45, 7) is 2.80. The first-order valence-electron chi connectivity index (χ1n) is 4.91. The largest absolute Gasteiger partial charge is 0.314 e. The molecule has 0 bridgehead atoms. The minimum atomic E-state index is 0.766. The third kappa shape index (κ3) is 1.89. The van der Waals surface area contributed by atoms with Crippen molar-refractivity contribution < 1.29 is 0 Å². The lowest BCUT2D eigenvalue weighted by Gasteiger charge is -2.02. The molecule has 0 aromatic carbocycles. The molecule has 0 amide bonds. The van der Waals surface area contributed by atoms with Gasteiger partial charge >= 0.3 is 0 Å². The van der Waals surface area contributed by atoms with E-state index in [4.69, 9.17) is 0 Å². The normalized spacial score (nSPS) is 10.5. The molecule has 0 saturated heterocycles. The van der Waals surface area contributed by atoms with E-state index in [0.29, 0.717) is 0 Å². The Morgan fingerprint density at radius 1 is 1.33 bits per heavy atom. The van der Waals surface area contributed by atoms with E-state index in [9.17, 15) is 0 Å². The van der Waals surface area contributed by atoms with Crippen LogP contribution in [0.4, 0.5) is 0 Å². The molecule has 0 aliphatic carbocycles. The van der Waals surface area contributed by atoms with Gasteiger partial charge in [-0.25, -0.2) is 0 Å². The molecule has 0 atom stereocenters. The lowest BCUT2D eigenvalue weighted by molar-refractivity contribution is 0.785. The predicted molar refractivity (Wildman–Crippen MR) is 59.3 cm³/mol. The van der Waals surface area contributed by atoms with Crippen LogP contribution in [0.25, 0.3) is 11.1 Å². The first-order chi connectivity index (χ1) is 7.33. The second-order valence-electron chi connectivity index (χ2n) is 3.44. The molecule has 2 aromatic heterocycles. The average molecular weight is 202 g/mol. The summed E-state index contributed by atoms with van der Waals surface area (Å²) in [7, 11) is 1.92.